The van der Waals surface area contributed by atoms with Crippen molar-refractivity contribution >= 4 is 44.8 Å². The molecule has 4 N–H and O–H groups in total. The van der Waals surface area contributed by atoms with Gasteiger partial charge in [0.15, 0.2) is 0 Å². The first kappa shape index (κ1) is 17.0. The number of carbonyl (C=O) groups excluding carboxylic acids is 1. The van der Waals surface area contributed by atoms with E-state index in [0.717, 1.165) is 10.9 Å². The highest BCUT2D eigenvalue weighted by atomic mass is 35.5. The molecule has 6 nitrogen and oxygen atoms in total. The van der Waals surface area contributed by atoms with Crippen molar-refractivity contribution < 1.29 is 13.2 Å². The largest absolute Gasteiger partial charge is 0.341 e. The second kappa shape index (κ2) is 7.28. The molecular weight excluding hydrogens is 338 g/mol. The fourth-order valence-corrected chi connectivity index (χ4v) is 2.57. The molecule has 0 atom stereocenters. The molecule has 0 unspecified atom stereocenters. The SMILES string of the molecule is NS(=O)(=O)c1ccccc1.O=CNc1cc2cc(Cl)ccc2[nH]1. The highest BCUT2D eigenvalue weighted by Crippen LogP contribution is 2.21. The van der Waals surface area contributed by atoms with Crippen LogP contribution in [0.3, 0.4) is 0 Å². The third kappa shape index (κ3) is 4.82. The number of nitrogens with one attached hydrogen (secondary N) is 2. The monoisotopic (exact) mass is 351 g/mol. The van der Waals surface area contributed by atoms with Crippen LogP contribution in [-0.4, -0.2) is 19.8 Å². The summed E-state index contributed by atoms with van der Waals surface area (Å²) in [5, 5.41) is 9.03. The van der Waals surface area contributed by atoms with Gasteiger partial charge in [-0.05, 0) is 36.4 Å². The third-order valence-electron chi connectivity index (χ3n) is 2.87. The first-order chi connectivity index (χ1) is 10.9. The molecule has 3 rings (SSSR count). The lowest BCUT2D eigenvalue weighted by atomic mass is 10.2. The Labute approximate surface area is 138 Å². The second-order valence-electron chi connectivity index (χ2n) is 4.53. The molecule has 0 spiro atoms. The molecule has 23 heavy (non-hydrogen) atoms. The van der Waals surface area contributed by atoms with E-state index >= 15 is 0 Å². The van der Waals surface area contributed by atoms with Crippen molar-refractivity contribution in [3.63, 3.8) is 0 Å². The average molecular weight is 352 g/mol. The van der Waals surface area contributed by atoms with Gasteiger partial charge in [-0.3, -0.25) is 4.79 Å². The lowest BCUT2D eigenvalue weighted by Gasteiger charge is -1.93. The number of primary sulfonamides is 1. The molecule has 1 amide bonds. The van der Waals surface area contributed by atoms with Crippen molar-refractivity contribution in [2.24, 2.45) is 5.14 Å². The number of rotatable bonds is 3. The van der Waals surface area contributed by atoms with E-state index in [1.54, 1.807) is 24.3 Å². The Morgan fingerprint density at radius 1 is 1.09 bits per heavy atom. The summed E-state index contributed by atoms with van der Waals surface area (Å²) in [5.41, 5.74) is 0.953. The number of hydrogen-bond acceptors (Lipinski definition) is 3. The van der Waals surface area contributed by atoms with E-state index < -0.39 is 10.0 Å². The summed E-state index contributed by atoms with van der Waals surface area (Å²) in [6.07, 6.45) is 0.631. The lowest BCUT2D eigenvalue weighted by molar-refractivity contribution is -0.105. The molecule has 0 fully saturated rings. The molecule has 0 radical (unpaired) electrons. The zero-order valence-corrected chi connectivity index (χ0v) is 13.4. The Morgan fingerprint density at radius 2 is 1.78 bits per heavy atom. The fraction of sp³-hybridized carbons (Fsp3) is 0. The maximum absolute atomic E-state index is 10.6. The number of sulfonamides is 1. The summed E-state index contributed by atoms with van der Waals surface area (Å²) < 4.78 is 21.2. The van der Waals surface area contributed by atoms with Gasteiger partial charge in [-0.1, -0.05) is 29.8 Å². The summed E-state index contributed by atoms with van der Waals surface area (Å²) in [6.45, 7) is 0. The van der Waals surface area contributed by atoms with Gasteiger partial charge >= 0.3 is 0 Å². The van der Waals surface area contributed by atoms with E-state index in [9.17, 15) is 13.2 Å². The quantitative estimate of drug-likeness (QED) is 0.632. The topological polar surface area (TPSA) is 105 Å². The summed E-state index contributed by atoms with van der Waals surface area (Å²) in [6, 6.07) is 15.2. The minimum Gasteiger partial charge on any atom is -0.341 e. The number of amides is 1. The Bertz CT molecular complexity index is 908. The van der Waals surface area contributed by atoms with Crippen LogP contribution < -0.4 is 10.5 Å². The number of fused-ring (bicyclic) bond motifs is 1. The number of halogens is 1. The number of aromatic nitrogens is 1. The van der Waals surface area contributed by atoms with E-state index in [2.05, 4.69) is 10.3 Å². The van der Waals surface area contributed by atoms with Crippen LogP contribution in [0.2, 0.25) is 5.02 Å². The van der Waals surface area contributed by atoms with Gasteiger partial charge in [-0.2, -0.15) is 0 Å². The molecule has 0 saturated heterocycles. The minimum absolute atomic E-state index is 0.148. The minimum atomic E-state index is -3.50. The third-order valence-corrected chi connectivity index (χ3v) is 4.03. The predicted molar refractivity (Wildman–Crippen MR) is 90.8 cm³/mol. The molecule has 1 aromatic heterocycles. The Kier molecular flexibility index (Phi) is 5.38. The van der Waals surface area contributed by atoms with Gasteiger partial charge in [-0.25, -0.2) is 13.6 Å². The highest BCUT2D eigenvalue weighted by Gasteiger charge is 2.03. The molecule has 0 saturated carbocycles. The molecule has 2 aromatic carbocycles. The van der Waals surface area contributed by atoms with Crippen molar-refractivity contribution in [1.29, 1.82) is 0 Å². The predicted octanol–water partition coefficient (Wildman–Crippen LogP) is 2.72. The van der Waals surface area contributed by atoms with Gasteiger partial charge in [0.2, 0.25) is 16.4 Å². The summed E-state index contributed by atoms with van der Waals surface area (Å²) in [5.74, 6) is 0.673. The van der Waals surface area contributed by atoms with Crippen LogP contribution in [0.1, 0.15) is 0 Å². The number of carbonyl (C=O) groups is 1. The fourth-order valence-electron chi connectivity index (χ4n) is 1.85. The number of benzene rings is 2. The van der Waals surface area contributed by atoms with Gasteiger partial charge in [0.25, 0.3) is 0 Å². The van der Waals surface area contributed by atoms with E-state index in [-0.39, 0.29) is 4.90 Å². The molecule has 0 aliphatic carbocycles. The highest BCUT2D eigenvalue weighted by molar-refractivity contribution is 7.89. The summed E-state index contributed by atoms with van der Waals surface area (Å²) in [4.78, 5) is 13.3. The van der Waals surface area contributed by atoms with Crippen molar-refractivity contribution in [3.05, 3.63) is 59.6 Å². The van der Waals surface area contributed by atoms with Crippen LogP contribution in [0.25, 0.3) is 10.9 Å². The zero-order chi connectivity index (χ0) is 16.9. The molecule has 0 aliphatic rings. The van der Waals surface area contributed by atoms with E-state index in [1.807, 2.05) is 18.2 Å². The molecule has 120 valence electrons. The molecular formula is C15H14ClN3O3S. The number of nitrogens with two attached hydrogens (primary N) is 1. The maximum Gasteiger partial charge on any atom is 0.238 e. The van der Waals surface area contributed by atoms with Gasteiger partial charge < -0.3 is 10.3 Å². The standard InChI is InChI=1S/C9H7ClN2O.C6H7NO2S/c10-7-1-2-8-6(3-7)4-9(12-8)11-5-13;7-10(8,9)6-4-2-1-3-5-6/h1-5,12H,(H,11,13);1-5H,(H2,7,8,9). The van der Waals surface area contributed by atoms with Gasteiger partial charge in [0.1, 0.15) is 5.82 Å². The van der Waals surface area contributed by atoms with Crippen LogP contribution in [-0.2, 0) is 14.8 Å². The zero-order valence-electron chi connectivity index (χ0n) is 11.9. The van der Waals surface area contributed by atoms with E-state index in [0.29, 0.717) is 17.3 Å². The van der Waals surface area contributed by atoms with Crippen LogP contribution in [0.4, 0.5) is 5.82 Å². The molecule has 0 aliphatic heterocycles. The molecule has 8 heteroatoms. The molecule has 3 aromatic rings. The number of hydrogen-bond donors (Lipinski definition) is 3. The molecule has 0 bridgehead atoms. The van der Waals surface area contributed by atoms with Crippen LogP contribution in [0.15, 0.2) is 59.5 Å². The maximum atomic E-state index is 10.6. The first-order valence-electron chi connectivity index (χ1n) is 6.46. The van der Waals surface area contributed by atoms with E-state index in [1.165, 1.54) is 12.1 Å². The van der Waals surface area contributed by atoms with Crippen molar-refractivity contribution in [1.82, 2.24) is 4.98 Å². The summed E-state index contributed by atoms with van der Waals surface area (Å²) >= 11 is 5.80. The van der Waals surface area contributed by atoms with Crippen LogP contribution >= 0.6 is 11.6 Å². The van der Waals surface area contributed by atoms with Crippen LogP contribution in [0, 0.1) is 0 Å². The van der Waals surface area contributed by atoms with Gasteiger partial charge in [0.05, 0.1) is 4.90 Å². The number of aromatic amines is 1. The average Bonchev–Trinajstić information content (AvgIpc) is 2.90. The Morgan fingerprint density at radius 3 is 2.35 bits per heavy atom. The number of H-pyrrole nitrogens is 1. The first-order valence-corrected chi connectivity index (χ1v) is 8.39. The Hall–Kier alpha value is -2.35. The van der Waals surface area contributed by atoms with Gasteiger partial charge in [0, 0.05) is 15.9 Å². The second-order valence-corrected chi connectivity index (χ2v) is 6.53. The van der Waals surface area contributed by atoms with E-state index in [4.69, 9.17) is 16.7 Å². The summed E-state index contributed by atoms with van der Waals surface area (Å²) in [7, 11) is -3.50. The smallest absolute Gasteiger partial charge is 0.238 e. The van der Waals surface area contributed by atoms with Crippen LogP contribution in [0.5, 0.6) is 0 Å². The Balaban J connectivity index is 0.000000174. The van der Waals surface area contributed by atoms with Gasteiger partial charge in [-0.15, -0.1) is 0 Å². The van der Waals surface area contributed by atoms with Crippen molar-refractivity contribution in [2.45, 2.75) is 4.90 Å². The van der Waals surface area contributed by atoms with Crippen molar-refractivity contribution in [3.8, 4) is 0 Å². The van der Waals surface area contributed by atoms with Crippen molar-refractivity contribution in [2.75, 3.05) is 5.32 Å². The number of anilines is 1. The molecule has 1 heterocycles. The normalized spacial score (nSPS) is 10.7. The lowest BCUT2D eigenvalue weighted by Crippen LogP contribution is -2.11.